The lowest BCUT2D eigenvalue weighted by Crippen LogP contribution is -2.04. The normalized spacial score (nSPS) is 10.1. The number of aromatic carboxylic acids is 1. The van der Waals surface area contributed by atoms with E-state index in [4.69, 9.17) is 9.84 Å². The molecule has 18 heavy (non-hydrogen) atoms. The van der Waals surface area contributed by atoms with E-state index >= 15 is 0 Å². The van der Waals surface area contributed by atoms with Gasteiger partial charge in [0.1, 0.15) is 17.4 Å². The molecule has 0 aliphatic carbocycles. The number of hydrogen-bond donors (Lipinski definition) is 1. The van der Waals surface area contributed by atoms with Crippen LogP contribution in [0, 0.1) is 11.6 Å². The van der Waals surface area contributed by atoms with Gasteiger partial charge in [0.2, 0.25) is 5.69 Å². The minimum atomic E-state index is -1.35. The van der Waals surface area contributed by atoms with Crippen LogP contribution in [0.1, 0.15) is 10.5 Å². The van der Waals surface area contributed by atoms with Crippen LogP contribution in [-0.2, 0) is 0 Å². The zero-order valence-corrected chi connectivity index (χ0v) is 8.80. The molecule has 0 unspecified atom stereocenters. The van der Waals surface area contributed by atoms with E-state index in [1.165, 1.54) is 12.4 Å². The standard InChI is InChI=1S/C11H6F2N2O3/c12-6-3-7(13)5-8(4-6)18-10-9(11(16)17)14-1-2-15-10/h1-5H,(H,16,17). The first-order valence-corrected chi connectivity index (χ1v) is 4.74. The lowest BCUT2D eigenvalue weighted by Gasteiger charge is -2.06. The van der Waals surface area contributed by atoms with Crippen molar-refractivity contribution in [3.63, 3.8) is 0 Å². The number of hydrogen-bond acceptors (Lipinski definition) is 4. The minimum absolute atomic E-state index is 0.199. The Labute approximate surface area is 99.7 Å². The van der Waals surface area contributed by atoms with Crippen LogP contribution in [0.25, 0.3) is 0 Å². The van der Waals surface area contributed by atoms with Gasteiger partial charge < -0.3 is 9.84 Å². The molecule has 0 atom stereocenters. The van der Waals surface area contributed by atoms with Gasteiger partial charge in [0.25, 0.3) is 5.88 Å². The molecule has 0 amide bonds. The van der Waals surface area contributed by atoms with Crippen molar-refractivity contribution in [3.05, 3.63) is 47.9 Å². The molecule has 2 aromatic rings. The van der Waals surface area contributed by atoms with Crippen molar-refractivity contribution in [1.29, 1.82) is 0 Å². The van der Waals surface area contributed by atoms with Gasteiger partial charge >= 0.3 is 5.97 Å². The van der Waals surface area contributed by atoms with Gasteiger partial charge in [-0.3, -0.25) is 0 Å². The van der Waals surface area contributed by atoms with Crippen LogP contribution >= 0.6 is 0 Å². The Kier molecular flexibility index (Phi) is 3.13. The van der Waals surface area contributed by atoms with Crippen LogP contribution in [0.4, 0.5) is 8.78 Å². The predicted octanol–water partition coefficient (Wildman–Crippen LogP) is 2.25. The van der Waals surface area contributed by atoms with E-state index in [9.17, 15) is 13.6 Å². The zero-order chi connectivity index (χ0) is 13.1. The molecule has 0 radical (unpaired) electrons. The molecule has 5 nitrogen and oxygen atoms in total. The molecule has 0 saturated heterocycles. The number of benzene rings is 1. The number of carboxylic acid groups (broad SMARTS) is 1. The van der Waals surface area contributed by atoms with Crippen molar-refractivity contribution in [1.82, 2.24) is 9.97 Å². The van der Waals surface area contributed by atoms with Gasteiger partial charge in [0.05, 0.1) is 0 Å². The summed E-state index contributed by atoms with van der Waals surface area (Å²) in [6.45, 7) is 0. The topological polar surface area (TPSA) is 72.3 Å². The number of ether oxygens (including phenoxy) is 1. The average molecular weight is 252 g/mol. The van der Waals surface area contributed by atoms with Gasteiger partial charge in [-0.2, -0.15) is 0 Å². The van der Waals surface area contributed by atoms with Crippen molar-refractivity contribution in [2.45, 2.75) is 0 Å². The molecule has 0 saturated carbocycles. The van der Waals surface area contributed by atoms with Crippen molar-refractivity contribution < 1.29 is 23.4 Å². The molecule has 0 fully saturated rings. The molecular formula is C11H6F2N2O3. The minimum Gasteiger partial charge on any atom is -0.476 e. The van der Waals surface area contributed by atoms with Gasteiger partial charge in [-0.25, -0.2) is 23.5 Å². The van der Waals surface area contributed by atoms with Crippen molar-refractivity contribution in [2.24, 2.45) is 0 Å². The second-order valence-electron chi connectivity index (χ2n) is 3.22. The third kappa shape index (κ3) is 2.57. The van der Waals surface area contributed by atoms with Crippen LogP contribution < -0.4 is 4.74 Å². The molecule has 1 N–H and O–H groups in total. The highest BCUT2D eigenvalue weighted by molar-refractivity contribution is 5.87. The van der Waals surface area contributed by atoms with Crippen LogP contribution in [0.3, 0.4) is 0 Å². The summed E-state index contributed by atoms with van der Waals surface area (Å²) in [7, 11) is 0. The van der Waals surface area contributed by atoms with Crippen molar-refractivity contribution in [2.75, 3.05) is 0 Å². The summed E-state index contributed by atoms with van der Waals surface area (Å²) in [5, 5.41) is 8.82. The van der Waals surface area contributed by atoms with E-state index in [2.05, 4.69) is 9.97 Å². The Hall–Kier alpha value is -2.57. The number of carbonyl (C=O) groups is 1. The molecule has 0 bridgehead atoms. The maximum absolute atomic E-state index is 12.9. The fraction of sp³-hybridized carbons (Fsp3) is 0. The van der Waals surface area contributed by atoms with E-state index < -0.39 is 23.3 Å². The first-order valence-electron chi connectivity index (χ1n) is 4.74. The second kappa shape index (κ2) is 4.74. The Morgan fingerprint density at radius 3 is 2.33 bits per heavy atom. The fourth-order valence-corrected chi connectivity index (χ4v) is 1.25. The maximum atomic E-state index is 12.9. The predicted molar refractivity (Wildman–Crippen MR) is 55.4 cm³/mol. The summed E-state index contributed by atoms with van der Waals surface area (Å²) in [4.78, 5) is 18.0. The molecule has 0 aliphatic heterocycles. The molecular weight excluding hydrogens is 246 g/mol. The van der Waals surface area contributed by atoms with E-state index in [0.717, 1.165) is 12.1 Å². The average Bonchev–Trinajstić information content (AvgIpc) is 2.27. The molecule has 1 aromatic carbocycles. The first-order chi connectivity index (χ1) is 8.56. The van der Waals surface area contributed by atoms with Gasteiger partial charge in [0, 0.05) is 30.6 Å². The Bertz CT molecular complexity index is 584. The number of aromatic nitrogens is 2. The van der Waals surface area contributed by atoms with E-state index in [1.54, 1.807) is 0 Å². The molecule has 0 aliphatic rings. The summed E-state index contributed by atoms with van der Waals surface area (Å²) in [6, 6.07) is 2.48. The molecule has 92 valence electrons. The smallest absolute Gasteiger partial charge is 0.360 e. The van der Waals surface area contributed by atoms with Crippen LogP contribution in [0.2, 0.25) is 0 Å². The highest BCUT2D eigenvalue weighted by Crippen LogP contribution is 2.23. The summed E-state index contributed by atoms with van der Waals surface area (Å²) < 4.78 is 30.8. The lowest BCUT2D eigenvalue weighted by molar-refractivity contribution is 0.0686. The fourth-order valence-electron chi connectivity index (χ4n) is 1.25. The van der Waals surface area contributed by atoms with Crippen molar-refractivity contribution >= 4 is 5.97 Å². The third-order valence-electron chi connectivity index (χ3n) is 1.92. The molecule has 1 heterocycles. The van der Waals surface area contributed by atoms with Crippen LogP contribution in [0.15, 0.2) is 30.6 Å². The largest absolute Gasteiger partial charge is 0.476 e. The monoisotopic (exact) mass is 252 g/mol. The number of rotatable bonds is 3. The van der Waals surface area contributed by atoms with Crippen molar-refractivity contribution in [3.8, 4) is 11.6 Å². The number of nitrogens with zero attached hydrogens (tertiary/aromatic N) is 2. The van der Waals surface area contributed by atoms with Gasteiger partial charge in [-0.1, -0.05) is 0 Å². The molecule has 0 spiro atoms. The van der Waals surface area contributed by atoms with E-state index in [-0.39, 0.29) is 11.6 Å². The molecule has 1 aromatic heterocycles. The quantitative estimate of drug-likeness (QED) is 0.906. The number of halogens is 2. The Morgan fingerprint density at radius 2 is 1.72 bits per heavy atom. The van der Waals surface area contributed by atoms with Gasteiger partial charge in [0.15, 0.2) is 0 Å². The SMILES string of the molecule is O=C(O)c1nccnc1Oc1cc(F)cc(F)c1. The summed E-state index contributed by atoms with van der Waals surface area (Å²) in [6.07, 6.45) is 2.37. The van der Waals surface area contributed by atoms with Gasteiger partial charge in [-0.05, 0) is 0 Å². The lowest BCUT2D eigenvalue weighted by atomic mass is 10.3. The number of carboxylic acids is 1. The summed E-state index contributed by atoms with van der Waals surface area (Å²) in [5.41, 5.74) is -0.442. The first kappa shape index (κ1) is 11.9. The Balaban J connectivity index is 2.37. The van der Waals surface area contributed by atoms with Crippen LogP contribution in [-0.4, -0.2) is 21.0 Å². The van der Waals surface area contributed by atoms with E-state index in [0.29, 0.717) is 6.07 Å². The highest BCUT2D eigenvalue weighted by Gasteiger charge is 2.15. The summed E-state index contributed by atoms with van der Waals surface area (Å²) in [5.74, 6) is -3.57. The van der Waals surface area contributed by atoms with Gasteiger partial charge in [-0.15, -0.1) is 0 Å². The summed E-state index contributed by atoms with van der Waals surface area (Å²) >= 11 is 0. The van der Waals surface area contributed by atoms with Crippen LogP contribution in [0.5, 0.6) is 11.6 Å². The molecule has 7 heteroatoms. The zero-order valence-electron chi connectivity index (χ0n) is 8.80. The Morgan fingerprint density at radius 1 is 1.11 bits per heavy atom. The maximum Gasteiger partial charge on any atom is 0.360 e. The highest BCUT2D eigenvalue weighted by atomic mass is 19.1. The second-order valence-corrected chi connectivity index (χ2v) is 3.22. The van der Waals surface area contributed by atoms with E-state index in [1.807, 2.05) is 0 Å². The molecule has 2 rings (SSSR count). The third-order valence-corrected chi connectivity index (χ3v) is 1.92.